The molecule has 1 nitrogen and oxygen atoms in total. The molecule has 0 atom stereocenters. The van der Waals surface area contributed by atoms with Crippen LogP contribution in [0.15, 0.2) is 30.3 Å². The van der Waals surface area contributed by atoms with Crippen LogP contribution in [-0.2, 0) is 7.05 Å². The third-order valence-electron chi connectivity index (χ3n) is 2.20. The summed E-state index contributed by atoms with van der Waals surface area (Å²) in [5, 5.41) is 1.25. The molecule has 0 radical (unpaired) electrons. The first-order valence-corrected chi connectivity index (χ1v) is 4.30. The molecule has 0 aliphatic rings. The van der Waals surface area contributed by atoms with Crippen molar-refractivity contribution in [3.63, 3.8) is 0 Å². The quantitative estimate of drug-likeness (QED) is 0.534. The monoisotopic (exact) mass is 169 g/mol. The summed E-state index contributed by atoms with van der Waals surface area (Å²) in [6.45, 7) is 1.86. The minimum absolute atomic E-state index is 1.07. The Morgan fingerprint density at radius 3 is 2.69 bits per heavy atom. The van der Waals surface area contributed by atoms with E-state index in [9.17, 15) is 0 Å². The van der Waals surface area contributed by atoms with Gasteiger partial charge in [0.1, 0.15) is 0 Å². The van der Waals surface area contributed by atoms with Crippen molar-refractivity contribution >= 4 is 10.9 Å². The summed E-state index contributed by atoms with van der Waals surface area (Å²) in [5.74, 6) is 5.99. The van der Waals surface area contributed by atoms with Crippen molar-refractivity contribution in [2.45, 2.75) is 6.92 Å². The summed E-state index contributed by atoms with van der Waals surface area (Å²) in [6.07, 6.45) is 0. The van der Waals surface area contributed by atoms with Crippen LogP contribution in [0, 0.1) is 11.8 Å². The second-order valence-electron chi connectivity index (χ2n) is 3.02. The summed E-state index contributed by atoms with van der Waals surface area (Å²) >= 11 is 0. The van der Waals surface area contributed by atoms with Crippen LogP contribution in [0.4, 0.5) is 0 Å². The smallest absolute Gasteiger partial charge is 0.0927 e. The van der Waals surface area contributed by atoms with Gasteiger partial charge in [0.2, 0.25) is 0 Å². The molecule has 1 aromatic carbocycles. The Hall–Kier alpha value is -1.68. The molecule has 0 saturated heterocycles. The molecule has 13 heavy (non-hydrogen) atoms. The maximum Gasteiger partial charge on any atom is 0.0927 e. The van der Waals surface area contributed by atoms with Crippen molar-refractivity contribution < 1.29 is 0 Å². The Morgan fingerprint density at radius 2 is 2.00 bits per heavy atom. The van der Waals surface area contributed by atoms with Crippen LogP contribution in [0.3, 0.4) is 0 Å². The second kappa shape index (κ2) is 2.99. The Labute approximate surface area is 78.0 Å². The summed E-state index contributed by atoms with van der Waals surface area (Å²) < 4.78 is 2.12. The topological polar surface area (TPSA) is 4.93 Å². The number of nitrogens with zero attached hydrogens (tertiary/aromatic N) is 1. The lowest BCUT2D eigenvalue weighted by Gasteiger charge is -1.96. The van der Waals surface area contributed by atoms with Crippen molar-refractivity contribution in [2.75, 3.05) is 0 Å². The predicted molar refractivity (Wildman–Crippen MR) is 55.5 cm³/mol. The second-order valence-corrected chi connectivity index (χ2v) is 3.02. The highest BCUT2D eigenvalue weighted by molar-refractivity contribution is 5.82. The van der Waals surface area contributed by atoms with E-state index in [0.29, 0.717) is 0 Å². The summed E-state index contributed by atoms with van der Waals surface area (Å²) in [4.78, 5) is 0. The number of hydrogen-bond donors (Lipinski definition) is 0. The number of benzene rings is 1. The molecular formula is C12H11N. The molecule has 0 aliphatic carbocycles. The van der Waals surface area contributed by atoms with E-state index in [1.807, 2.05) is 26.1 Å². The van der Waals surface area contributed by atoms with Gasteiger partial charge in [0.05, 0.1) is 5.69 Å². The van der Waals surface area contributed by atoms with Gasteiger partial charge in [-0.25, -0.2) is 0 Å². The van der Waals surface area contributed by atoms with Gasteiger partial charge in [0.15, 0.2) is 0 Å². The number of aryl methyl sites for hydroxylation is 1. The van der Waals surface area contributed by atoms with Crippen molar-refractivity contribution in [2.24, 2.45) is 7.05 Å². The van der Waals surface area contributed by atoms with E-state index in [1.54, 1.807) is 0 Å². The number of aromatic nitrogens is 1. The van der Waals surface area contributed by atoms with Gasteiger partial charge in [0.25, 0.3) is 0 Å². The van der Waals surface area contributed by atoms with Gasteiger partial charge in [-0.2, -0.15) is 0 Å². The Kier molecular flexibility index (Phi) is 1.83. The van der Waals surface area contributed by atoms with Crippen LogP contribution >= 0.6 is 0 Å². The minimum Gasteiger partial charge on any atom is -0.337 e. The lowest BCUT2D eigenvalue weighted by Crippen LogP contribution is -1.89. The molecular weight excluding hydrogens is 158 g/mol. The zero-order chi connectivity index (χ0) is 9.26. The fourth-order valence-electron chi connectivity index (χ4n) is 1.54. The highest BCUT2D eigenvalue weighted by Gasteiger charge is 2.00. The summed E-state index contributed by atoms with van der Waals surface area (Å²) in [6, 6.07) is 10.4. The van der Waals surface area contributed by atoms with E-state index in [0.717, 1.165) is 5.69 Å². The largest absolute Gasteiger partial charge is 0.337 e. The summed E-state index contributed by atoms with van der Waals surface area (Å²) in [7, 11) is 2.04. The van der Waals surface area contributed by atoms with E-state index in [1.165, 1.54) is 10.9 Å². The fourth-order valence-corrected chi connectivity index (χ4v) is 1.54. The van der Waals surface area contributed by atoms with Gasteiger partial charge in [-0.05, 0) is 25.0 Å². The number of hydrogen-bond acceptors (Lipinski definition) is 0. The molecule has 2 rings (SSSR count). The van der Waals surface area contributed by atoms with Crippen molar-refractivity contribution in [1.82, 2.24) is 4.57 Å². The number of rotatable bonds is 0. The van der Waals surface area contributed by atoms with Crippen LogP contribution in [0.25, 0.3) is 10.9 Å². The van der Waals surface area contributed by atoms with Crippen molar-refractivity contribution in [3.05, 3.63) is 36.0 Å². The van der Waals surface area contributed by atoms with Gasteiger partial charge >= 0.3 is 0 Å². The molecule has 1 heterocycles. The minimum atomic E-state index is 1.07. The zero-order valence-corrected chi connectivity index (χ0v) is 7.83. The molecule has 2 aromatic rings. The third-order valence-corrected chi connectivity index (χ3v) is 2.20. The third kappa shape index (κ3) is 1.21. The maximum absolute atomic E-state index is 3.08. The number of para-hydroxylation sites is 1. The molecule has 0 amide bonds. The molecule has 0 bridgehead atoms. The summed E-state index contributed by atoms with van der Waals surface area (Å²) in [5.41, 5.74) is 2.31. The SMILES string of the molecule is CC#Cc1cc2ccccc2n1C. The van der Waals surface area contributed by atoms with Crippen LogP contribution in [-0.4, -0.2) is 4.57 Å². The Morgan fingerprint density at radius 1 is 1.23 bits per heavy atom. The first kappa shape index (κ1) is 7.94. The van der Waals surface area contributed by atoms with Gasteiger partial charge in [-0.15, -0.1) is 0 Å². The molecule has 0 aliphatic heterocycles. The highest BCUT2D eigenvalue weighted by Crippen LogP contribution is 2.17. The Bertz CT molecular complexity index is 495. The molecule has 0 spiro atoms. The van der Waals surface area contributed by atoms with E-state index < -0.39 is 0 Å². The normalized spacial score (nSPS) is 9.69. The van der Waals surface area contributed by atoms with Gasteiger partial charge in [0, 0.05) is 18.0 Å². The molecule has 1 aromatic heterocycles. The van der Waals surface area contributed by atoms with Crippen LogP contribution in [0.1, 0.15) is 12.6 Å². The Balaban J connectivity index is 2.78. The molecule has 0 fully saturated rings. The molecule has 0 N–H and O–H groups in total. The van der Waals surface area contributed by atoms with Gasteiger partial charge < -0.3 is 4.57 Å². The van der Waals surface area contributed by atoms with E-state index in [4.69, 9.17) is 0 Å². The fraction of sp³-hybridized carbons (Fsp3) is 0.167. The predicted octanol–water partition coefficient (Wildman–Crippen LogP) is 2.55. The molecule has 0 unspecified atom stereocenters. The maximum atomic E-state index is 3.08. The van der Waals surface area contributed by atoms with Crippen molar-refractivity contribution in [1.29, 1.82) is 0 Å². The van der Waals surface area contributed by atoms with E-state index >= 15 is 0 Å². The van der Waals surface area contributed by atoms with E-state index in [-0.39, 0.29) is 0 Å². The van der Waals surface area contributed by atoms with Gasteiger partial charge in [-0.1, -0.05) is 24.1 Å². The highest BCUT2D eigenvalue weighted by atomic mass is 14.9. The molecule has 0 saturated carbocycles. The number of fused-ring (bicyclic) bond motifs is 1. The first-order valence-electron chi connectivity index (χ1n) is 4.30. The molecule has 64 valence electrons. The standard InChI is InChI=1S/C12H11N/c1-3-6-11-9-10-7-4-5-8-12(10)13(11)2/h4-5,7-9H,1-2H3. The van der Waals surface area contributed by atoms with E-state index in [2.05, 4.69) is 34.6 Å². The van der Waals surface area contributed by atoms with Crippen LogP contribution in [0.5, 0.6) is 0 Å². The molecule has 1 heteroatoms. The lowest BCUT2D eigenvalue weighted by atomic mass is 10.2. The lowest BCUT2D eigenvalue weighted by molar-refractivity contribution is 0.951. The average Bonchev–Trinajstić information content (AvgIpc) is 2.46. The zero-order valence-electron chi connectivity index (χ0n) is 7.83. The van der Waals surface area contributed by atoms with Crippen LogP contribution in [0.2, 0.25) is 0 Å². The van der Waals surface area contributed by atoms with Crippen molar-refractivity contribution in [3.8, 4) is 11.8 Å². The first-order chi connectivity index (χ1) is 6.33. The van der Waals surface area contributed by atoms with Crippen LogP contribution < -0.4 is 0 Å². The average molecular weight is 169 g/mol. The van der Waals surface area contributed by atoms with Gasteiger partial charge in [-0.3, -0.25) is 0 Å².